The van der Waals surface area contributed by atoms with Gasteiger partial charge in [-0.25, -0.2) is 9.37 Å². The van der Waals surface area contributed by atoms with Crippen LogP contribution in [0, 0.1) is 11.3 Å². The van der Waals surface area contributed by atoms with Crippen LogP contribution < -0.4 is 0 Å². The third kappa shape index (κ3) is 1.70. The zero-order valence-electron chi connectivity index (χ0n) is 6.98. The lowest BCUT2D eigenvalue weighted by Gasteiger charge is -1.90. The molecular weight excluding hydrogens is 203 g/mol. The first kappa shape index (κ1) is 9.03. The summed E-state index contributed by atoms with van der Waals surface area (Å²) in [5.41, 5.74) is -0.372. The van der Waals surface area contributed by atoms with Gasteiger partial charge in [0.1, 0.15) is 11.6 Å². The van der Waals surface area contributed by atoms with Crippen molar-refractivity contribution in [1.29, 1.82) is 5.26 Å². The van der Waals surface area contributed by atoms with Gasteiger partial charge in [-0.2, -0.15) is 5.26 Å². The molecule has 5 heteroatoms. The summed E-state index contributed by atoms with van der Waals surface area (Å²) in [5, 5.41) is 8.44. The Morgan fingerprint density at radius 2 is 2.29 bits per heavy atom. The number of nitriles is 1. The molecular formula is C9H5FN2OS. The number of thioether (sulfide) groups is 1. The van der Waals surface area contributed by atoms with Crippen molar-refractivity contribution in [3.63, 3.8) is 0 Å². The maximum absolute atomic E-state index is 12.6. The maximum Gasteiger partial charge on any atom is 0.260 e. The van der Waals surface area contributed by atoms with Crippen LogP contribution >= 0.6 is 11.8 Å². The van der Waals surface area contributed by atoms with Crippen LogP contribution in [0.5, 0.6) is 0 Å². The predicted molar refractivity (Wildman–Crippen MR) is 50.4 cm³/mol. The first-order chi connectivity index (χ1) is 6.79. The van der Waals surface area contributed by atoms with E-state index in [-0.39, 0.29) is 5.22 Å². The second-order valence-electron chi connectivity index (χ2n) is 2.51. The minimum Gasteiger partial charge on any atom is -0.431 e. The zero-order chi connectivity index (χ0) is 9.97. The van der Waals surface area contributed by atoms with Crippen molar-refractivity contribution < 1.29 is 8.81 Å². The number of benzene rings is 1. The van der Waals surface area contributed by atoms with Gasteiger partial charge >= 0.3 is 0 Å². The van der Waals surface area contributed by atoms with Crippen LogP contribution in [0.1, 0.15) is 0 Å². The molecule has 1 aromatic heterocycles. The molecule has 2 aromatic rings. The molecule has 70 valence electrons. The van der Waals surface area contributed by atoms with Gasteiger partial charge in [-0.05, 0) is 23.9 Å². The lowest BCUT2D eigenvalue weighted by molar-refractivity contribution is 0.475. The van der Waals surface area contributed by atoms with Crippen LogP contribution in [0.3, 0.4) is 0 Å². The summed E-state index contributed by atoms with van der Waals surface area (Å²) >= 11 is 0.664. The van der Waals surface area contributed by atoms with Gasteiger partial charge in [0.25, 0.3) is 5.22 Å². The third-order valence-electron chi connectivity index (χ3n) is 1.58. The number of para-hydroxylation sites is 2. The Balaban J connectivity index is 2.32. The van der Waals surface area contributed by atoms with Crippen molar-refractivity contribution in [2.24, 2.45) is 0 Å². The number of oxazole rings is 1. The van der Waals surface area contributed by atoms with Crippen LogP contribution in [0.4, 0.5) is 4.39 Å². The number of halogens is 1. The summed E-state index contributed by atoms with van der Waals surface area (Å²) in [6.07, 6.45) is 0. The summed E-state index contributed by atoms with van der Waals surface area (Å²) in [5.74, 6) is 0. The molecule has 1 heterocycles. The van der Waals surface area contributed by atoms with E-state index in [2.05, 4.69) is 4.98 Å². The van der Waals surface area contributed by atoms with E-state index in [1.54, 1.807) is 18.2 Å². The zero-order valence-corrected chi connectivity index (χ0v) is 7.79. The second kappa shape index (κ2) is 3.68. The molecule has 1 aromatic carbocycles. The van der Waals surface area contributed by atoms with Crippen molar-refractivity contribution in [2.75, 3.05) is 0 Å². The molecule has 0 aliphatic heterocycles. The Hall–Kier alpha value is -1.54. The molecule has 0 amide bonds. The highest BCUT2D eigenvalue weighted by Crippen LogP contribution is 2.26. The molecule has 0 saturated heterocycles. The topological polar surface area (TPSA) is 49.8 Å². The SMILES string of the molecule is N#CC(F)Sc1nc2ccccc2o1. The van der Waals surface area contributed by atoms with Crippen LogP contribution in [0.15, 0.2) is 33.9 Å². The Morgan fingerprint density at radius 1 is 1.50 bits per heavy atom. The van der Waals surface area contributed by atoms with Gasteiger partial charge in [0.05, 0.1) is 0 Å². The number of alkyl halides is 1. The molecule has 0 fully saturated rings. The average molecular weight is 208 g/mol. The predicted octanol–water partition coefficient (Wildman–Crippen LogP) is 2.74. The van der Waals surface area contributed by atoms with E-state index in [9.17, 15) is 4.39 Å². The summed E-state index contributed by atoms with van der Waals surface area (Å²) in [6.45, 7) is 0. The Bertz CT molecular complexity index is 458. The second-order valence-corrected chi connectivity index (χ2v) is 3.51. The van der Waals surface area contributed by atoms with Crippen molar-refractivity contribution >= 4 is 22.9 Å². The molecule has 0 spiro atoms. The summed E-state index contributed by atoms with van der Waals surface area (Å²) < 4.78 is 17.8. The number of fused-ring (bicyclic) bond motifs is 1. The number of hydrogen-bond acceptors (Lipinski definition) is 4. The number of nitrogens with zero attached hydrogens (tertiary/aromatic N) is 2. The summed E-state index contributed by atoms with van der Waals surface area (Å²) in [7, 11) is 0. The third-order valence-corrected chi connectivity index (χ3v) is 2.27. The van der Waals surface area contributed by atoms with Gasteiger partial charge in [0.2, 0.25) is 5.50 Å². The fourth-order valence-electron chi connectivity index (χ4n) is 1.02. The van der Waals surface area contributed by atoms with Crippen molar-refractivity contribution in [1.82, 2.24) is 4.98 Å². The minimum absolute atomic E-state index is 0.181. The molecule has 1 unspecified atom stereocenters. The van der Waals surface area contributed by atoms with Gasteiger partial charge in [-0.1, -0.05) is 12.1 Å². The normalized spacial score (nSPS) is 12.6. The monoisotopic (exact) mass is 208 g/mol. The highest BCUT2D eigenvalue weighted by Gasteiger charge is 2.12. The van der Waals surface area contributed by atoms with Crippen LogP contribution in [-0.4, -0.2) is 10.5 Å². The van der Waals surface area contributed by atoms with E-state index in [1.807, 2.05) is 6.07 Å². The van der Waals surface area contributed by atoms with E-state index in [0.29, 0.717) is 22.9 Å². The van der Waals surface area contributed by atoms with Gasteiger partial charge < -0.3 is 4.42 Å². The van der Waals surface area contributed by atoms with Crippen LogP contribution in [0.25, 0.3) is 11.1 Å². The standard InChI is InChI=1S/C9H5FN2OS/c10-8(5-11)14-9-12-6-3-1-2-4-7(6)13-9/h1-4,8H. The lowest BCUT2D eigenvalue weighted by Crippen LogP contribution is -1.86. The van der Waals surface area contributed by atoms with Gasteiger partial charge in [-0.15, -0.1) is 0 Å². The fourth-order valence-corrected chi connectivity index (χ4v) is 1.54. The molecule has 2 rings (SSSR count). The molecule has 0 saturated carbocycles. The van der Waals surface area contributed by atoms with Crippen molar-refractivity contribution in [3.8, 4) is 6.07 Å². The molecule has 0 N–H and O–H groups in total. The van der Waals surface area contributed by atoms with Crippen LogP contribution in [0.2, 0.25) is 0 Å². The quantitative estimate of drug-likeness (QED) is 0.712. The molecule has 1 atom stereocenters. The molecule has 0 radical (unpaired) electrons. The molecule has 0 aliphatic carbocycles. The molecule has 0 bridgehead atoms. The average Bonchev–Trinajstić information content (AvgIpc) is 2.59. The smallest absolute Gasteiger partial charge is 0.260 e. The van der Waals surface area contributed by atoms with Crippen molar-refractivity contribution in [3.05, 3.63) is 24.3 Å². The van der Waals surface area contributed by atoms with Crippen molar-refractivity contribution in [2.45, 2.75) is 10.7 Å². The number of hydrogen-bond donors (Lipinski definition) is 0. The molecule has 0 aliphatic rings. The minimum atomic E-state index is -1.64. The maximum atomic E-state index is 12.6. The van der Waals surface area contributed by atoms with E-state index in [1.165, 1.54) is 6.07 Å². The first-order valence-electron chi connectivity index (χ1n) is 3.85. The van der Waals surface area contributed by atoms with E-state index in [4.69, 9.17) is 9.68 Å². The summed E-state index contributed by atoms with van der Waals surface area (Å²) in [4.78, 5) is 4.01. The van der Waals surface area contributed by atoms with E-state index < -0.39 is 5.50 Å². The van der Waals surface area contributed by atoms with Gasteiger partial charge in [0, 0.05) is 0 Å². The molecule has 14 heavy (non-hydrogen) atoms. The summed E-state index contributed by atoms with van der Waals surface area (Å²) in [6, 6.07) is 8.58. The Labute approximate surface area is 83.5 Å². The fraction of sp³-hybridized carbons (Fsp3) is 0.111. The lowest BCUT2D eigenvalue weighted by atomic mass is 10.3. The largest absolute Gasteiger partial charge is 0.431 e. The first-order valence-corrected chi connectivity index (χ1v) is 4.73. The van der Waals surface area contributed by atoms with Gasteiger partial charge in [0.15, 0.2) is 5.58 Å². The van der Waals surface area contributed by atoms with E-state index >= 15 is 0 Å². The van der Waals surface area contributed by atoms with E-state index in [0.717, 1.165) is 0 Å². The Kier molecular flexibility index (Phi) is 2.37. The number of rotatable bonds is 2. The Morgan fingerprint density at radius 3 is 3.00 bits per heavy atom. The highest BCUT2D eigenvalue weighted by atomic mass is 32.2. The molecule has 3 nitrogen and oxygen atoms in total. The van der Waals surface area contributed by atoms with Crippen LogP contribution in [-0.2, 0) is 0 Å². The highest BCUT2D eigenvalue weighted by molar-refractivity contribution is 7.99. The number of aromatic nitrogens is 1. The van der Waals surface area contributed by atoms with Gasteiger partial charge in [-0.3, -0.25) is 0 Å².